The fourth-order valence-electron chi connectivity index (χ4n) is 4.20. The van der Waals surface area contributed by atoms with Crippen LogP contribution in [0.2, 0.25) is 0 Å². The van der Waals surface area contributed by atoms with E-state index in [1.165, 1.54) is 11.6 Å². The van der Waals surface area contributed by atoms with Gasteiger partial charge in [0, 0.05) is 44.8 Å². The van der Waals surface area contributed by atoms with Crippen LogP contribution >= 0.6 is 0 Å². The van der Waals surface area contributed by atoms with Crippen molar-refractivity contribution in [2.75, 3.05) is 42.5 Å². The van der Waals surface area contributed by atoms with E-state index >= 15 is 0 Å². The Morgan fingerprint density at radius 3 is 2.55 bits per heavy atom. The summed E-state index contributed by atoms with van der Waals surface area (Å²) in [6.07, 6.45) is 1.16. The van der Waals surface area contributed by atoms with E-state index in [1.807, 2.05) is 40.1 Å². The van der Waals surface area contributed by atoms with Gasteiger partial charge >= 0.3 is 0 Å². The van der Waals surface area contributed by atoms with Crippen molar-refractivity contribution >= 4 is 23.2 Å². The minimum Gasteiger partial charge on any atom is -0.366 e. The molecule has 2 saturated heterocycles. The molecule has 4 rings (SSSR count). The van der Waals surface area contributed by atoms with Crippen molar-refractivity contribution in [1.82, 2.24) is 4.90 Å². The van der Waals surface area contributed by atoms with E-state index < -0.39 is 0 Å². The Morgan fingerprint density at radius 1 is 1.07 bits per heavy atom. The third-order valence-corrected chi connectivity index (χ3v) is 5.89. The maximum absolute atomic E-state index is 14.0. The summed E-state index contributed by atoms with van der Waals surface area (Å²) in [4.78, 5) is 31.1. The number of amides is 2. The first kappa shape index (κ1) is 19.4. The van der Waals surface area contributed by atoms with Crippen LogP contribution in [0.3, 0.4) is 0 Å². The molecule has 0 spiro atoms. The van der Waals surface area contributed by atoms with Gasteiger partial charge in [0.2, 0.25) is 11.8 Å². The Kier molecular flexibility index (Phi) is 5.51. The highest BCUT2D eigenvalue weighted by Gasteiger charge is 2.38. The molecule has 0 N–H and O–H groups in total. The summed E-state index contributed by atoms with van der Waals surface area (Å²) >= 11 is 0. The van der Waals surface area contributed by atoms with Gasteiger partial charge in [-0.2, -0.15) is 0 Å². The molecule has 0 unspecified atom stereocenters. The van der Waals surface area contributed by atoms with Crippen LogP contribution in [0.4, 0.5) is 15.8 Å². The van der Waals surface area contributed by atoms with Crippen LogP contribution in [0.1, 0.15) is 18.9 Å². The highest BCUT2D eigenvalue weighted by Crippen LogP contribution is 2.28. The number of benzene rings is 2. The first-order valence-corrected chi connectivity index (χ1v) is 10.2. The molecule has 2 aliphatic rings. The molecule has 2 aliphatic heterocycles. The number of rotatable bonds is 4. The van der Waals surface area contributed by atoms with Crippen LogP contribution in [0.5, 0.6) is 0 Å². The Balaban J connectivity index is 1.38. The Labute approximate surface area is 170 Å². The van der Waals surface area contributed by atoms with E-state index in [0.717, 1.165) is 12.1 Å². The van der Waals surface area contributed by atoms with Crippen LogP contribution in [-0.2, 0) is 16.0 Å². The van der Waals surface area contributed by atoms with Crippen molar-refractivity contribution in [3.05, 3.63) is 59.9 Å². The number of carbonyl (C=O) groups excluding carboxylic acids is 2. The lowest BCUT2D eigenvalue weighted by Crippen LogP contribution is -2.51. The number of aryl methyl sites for hydroxylation is 1. The lowest BCUT2D eigenvalue weighted by atomic mass is 10.1. The average Bonchev–Trinajstić information content (AvgIpc) is 3.15. The maximum atomic E-state index is 14.0. The van der Waals surface area contributed by atoms with Gasteiger partial charge in [0.1, 0.15) is 5.82 Å². The fourth-order valence-corrected chi connectivity index (χ4v) is 4.20. The van der Waals surface area contributed by atoms with E-state index in [2.05, 4.69) is 6.92 Å². The number of hydrogen-bond donors (Lipinski definition) is 0. The summed E-state index contributed by atoms with van der Waals surface area (Å²) in [7, 11) is 0. The van der Waals surface area contributed by atoms with Crippen LogP contribution < -0.4 is 9.80 Å². The van der Waals surface area contributed by atoms with Gasteiger partial charge in [0.05, 0.1) is 11.6 Å². The minimum atomic E-state index is -0.312. The predicted octanol–water partition coefficient (Wildman–Crippen LogP) is 3.09. The standard InChI is InChI=1S/C23H26FN3O2/c1-2-17-6-5-7-19(14-17)27-16-18(15-22(27)28)23(29)26-12-10-25(11-13-26)21-9-4-3-8-20(21)24/h3-9,14,18H,2,10-13,15-16H2,1H3/t18-/m1/s1. The smallest absolute Gasteiger partial charge is 0.228 e. The first-order chi connectivity index (χ1) is 14.1. The third-order valence-electron chi connectivity index (χ3n) is 5.89. The lowest BCUT2D eigenvalue weighted by Gasteiger charge is -2.37. The Morgan fingerprint density at radius 2 is 1.83 bits per heavy atom. The van der Waals surface area contributed by atoms with Crippen molar-refractivity contribution in [2.24, 2.45) is 5.92 Å². The van der Waals surface area contributed by atoms with Crippen molar-refractivity contribution in [3.63, 3.8) is 0 Å². The van der Waals surface area contributed by atoms with Gasteiger partial charge in [0.15, 0.2) is 0 Å². The molecule has 2 aromatic rings. The largest absolute Gasteiger partial charge is 0.366 e. The normalized spacial score (nSPS) is 19.7. The number of carbonyl (C=O) groups is 2. The van der Waals surface area contributed by atoms with Gasteiger partial charge in [-0.3, -0.25) is 9.59 Å². The van der Waals surface area contributed by atoms with Crippen LogP contribution in [0, 0.1) is 11.7 Å². The van der Waals surface area contributed by atoms with Crippen molar-refractivity contribution in [2.45, 2.75) is 19.8 Å². The predicted molar refractivity (Wildman–Crippen MR) is 111 cm³/mol. The van der Waals surface area contributed by atoms with Gasteiger partial charge in [-0.25, -0.2) is 4.39 Å². The quantitative estimate of drug-likeness (QED) is 0.799. The number of anilines is 2. The zero-order valence-corrected chi connectivity index (χ0v) is 16.7. The van der Waals surface area contributed by atoms with Crippen LogP contribution in [0.15, 0.2) is 48.5 Å². The molecule has 0 bridgehead atoms. The zero-order valence-electron chi connectivity index (χ0n) is 16.7. The average molecular weight is 395 g/mol. The van der Waals surface area contributed by atoms with Gasteiger partial charge in [-0.1, -0.05) is 31.2 Å². The van der Waals surface area contributed by atoms with Gasteiger partial charge in [-0.05, 0) is 36.2 Å². The molecule has 2 fully saturated rings. The Bertz CT molecular complexity index is 909. The van der Waals surface area contributed by atoms with Gasteiger partial charge < -0.3 is 14.7 Å². The van der Waals surface area contributed by atoms with Gasteiger partial charge in [0.25, 0.3) is 0 Å². The minimum absolute atomic E-state index is 0.00148. The molecule has 0 aromatic heterocycles. The molecular weight excluding hydrogens is 369 g/mol. The van der Waals surface area contributed by atoms with Crippen molar-refractivity contribution in [3.8, 4) is 0 Å². The van der Waals surface area contributed by atoms with E-state index in [1.54, 1.807) is 17.0 Å². The first-order valence-electron chi connectivity index (χ1n) is 10.2. The highest BCUT2D eigenvalue weighted by atomic mass is 19.1. The van der Waals surface area contributed by atoms with Crippen LogP contribution in [-0.4, -0.2) is 49.4 Å². The third kappa shape index (κ3) is 3.97. The molecule has 152 valence electrons. The van der Waals surface area contributed by atoms with E-state index in [0.29, 0.717) is 38.4 Å². The summed E-state index contributed by atoms with van der Waals surface area (Å²) in [6, 6.07) is 14.7. The molecule has 0 saturated carbocycles. The molecule has 6 heteroatoms. The lowest BCUT2D eigenvalue weighted by molar-refractivity contribution is -0.136. The van der Waals surface area contributed by atoms with Crippen LogP contribution in [0.25, 0.3) is 0 Å². The van der Waals surface area contributed by atoms with E-state index in [9.17, 15) is 14.0 Å². The number of hydrogen-bond acceptors (Lipinski definition) is 3. The molecule has 1 atom stereocenters. The summed E-state index contributed by atoms with van der Waals surface area (Å²) in [6.45, 7) is 4.79. The number of nitrogens with zero attached hydrogens (tertiary/aromatic N) is 3. The monoisotopic (exact) mass is 395 g/mol. The molecule has 0 aliphatic carbocycles. The number of halogens is 1. The second kappa shape index (κ2) is 8.23. The molecule has 0 radical (unpaired) electrons. The summed E-state index contributed by atoms with van der Waals surface area (Å²) in [5, 5.41) is 0. The molecule has 29 heavy (non-hydrogen) atoms. The van der Waals surface area contributed by atoms with E-state index in [4.69, 9.17) is 0 Å². The second-order valence-corrected chi connectivity index (χ2v) is 7.69. The topological polar surface area (TPSA) is 43.9 Å². The SMILES string of the molecule is CCc1cccc(N2C[C@H](C(=O)N3CCN(c4ccccc4F)CC3)CC2=O)c1. The van der Waals surface area contributed by atoms with E-state index in [-0.39, 0.29) is 30.0 Å². The zero-order chi connectivity index (χ0) is 20.4. The molecule has 2 aromatic carbocycles. The summed E-state index contributed by atoms with van der Waals surface area (Å²) < 4.78 is 14.0. The van der Waals surface area contributed by atoms with Gasteiger partial charge in [-0.15, -0.1) is 0 Å². The summed E-state index contributed by atoms with van der Waals surface area (Å²) in [5.74, 6) is -0.520. The molecule has 5 nitrogen and oxygen atoms in total. The van der Waals surface area contributed by atoms with Crippen molar-refractivity contribution in [1.29, 1.82) is 0 Å². The maximum Gasteiger partial charge on any atom is 0.228 e. The fraction of sp³-hybridized carbons (Fsp3) is 0.391. The number of piperazine rings is 1. The highest BCUT2D eigenvalue weighted by molar-refractivity contribution is 6.00. The summed E-state index contributed by atoms with van der Waals surface area (Å²) in [5.41, 5.74) is 2.63. The number of para-hydroxylation sites is 1. The molecule has 2 amide bonds. The Hall–Kier alpha value is -2.89. The molecular formula is C23H26FN3O2. The molecule has 2 heterocycles. The second-order valence-electron chi connectivity index (χ2n) is 7.69. The van der Waals surface area contributed by atoms with Crippen molar-refractivity contribution < 1.29 is 14.0 Å².